The first-order valence-corrected chi connectivity index (χ1v) is 5.89. The van der Waals surface area contributed by atoms with Gasteiger partial charge in [-0.15, -0.1) is 0 Å². The van der Waals surface area contributed by atoms with Gasteiger partial charge in [0.2, 0.25) is 0 Å². The van der Waals surface area contributed by atoms with Crippen LogP contribution in [0.25, 0.3) is 0 Å². The summed E-state index contributed by atoms with van der Waals surface area (Å²) >= 11 is 0. The highest BCUT2D eigenvalue weighted by atomic mass is 32.2. The summed E-state index contributed by atoms with van der Waals surface area (Å²) in [5.41, 5.74) is -1.89. The predicted molar refractivity (Wildman–Crippen MR) is 47.6 cm³/mol. The number of hydrogen-bond acceptors (Lipinski definition) is 3. The van der Waals surface area contributed by atoms with Gasteiger partial charge in [-0.3, -0.25) is 0 Å². The van der Waals surface area contributed by atoms with Gasteiger partial charge >= 0.3 is 5.51 Å². The second-order valence-electron chi connectivity index (χ2n) is 2.81. The van der Waals surface area contributed by atoms with Gasteiger partial charge < -0.3 is 10.3 Å². The van der Waals surface area contributed by atoms with Crippen LogP contribution in [-0.4, -0.2) is 25.0 Å². The minimum Gasteiger partial charge on any atom is -0.741 e. The molecule has 0 aliphatic rings. The van der Waals surface area contributed by atoms with Gasteiger partial charge in [0.1, 0.15) is 0 Å². The SMILES string of the molecule is CCCCCC[NH3+].O=S(=O)([O-])C(F)(F)F. The molecule has 0 aromatic heterocycles. The molecule has 0 atom stereocenters. The second-order valence-corrected chi connectivity index (χ2v) is 4.19. The topological polar surface area (TPSA) is 84.8 Å². The van der Waals surface area contributed by atoms with Crippen molar-refractivity contribution < 1.29 is 31.9 Å². The van der Waals surface area contributed by atoms with E-state index in [1.54, 1.807) is 0 Å². The summed E-state index contributed by atoms with van der Waals surface area (Å²) in [6, 6.07) is 0. The smallest absolute Gasteiger partial charge is 0.485 e. The molecule has 0 spiro atoms. The standard InChI is InChI=1S/C6H15N.CHF3O3S/c1-2-3-4-5-6-7;2-1(3,4)8(5,6)7/h2-7H2,1H3;(H,5,6,7). The lowest BCUT2D eigenvalue weighted by molar-refractivity contribution is -0.368. The maximum absolute atomic E-state index is 10.7. The van der Waals surface area contributed by atoms with E-state index in [-0.39, 0.29) is 0 Å². The molecule has 0 amide bonds. The van der Waals surface area contributed by atoms with E-state index >= 15 is 0 Å². The lowest BCUT2D eigenvalue weighted by Gasteiger charge is -2.08. The summed E-state index contributed by atoms with van der Waals surface area (Å²) < 4.78 is 58.9. The van der Waals surface area contributed by atoms with Crippen molar-refractivity contribution in [1.82, 2.24) is 0 Å². The van der Waals surface area contributed by atoms with Gasteiger partial charge in [-0.25, -0.2) is 8.42 Å². The predicted octanol–water partition coefficient (Wildman–Crippen LogP) is 0.860. The van der Waals surface area contributed by atoms with Gasteiger partial charge in [0, 0.05) is 0 Å². The molecule has 0 aromatic rings. The molecule has 0 fully saturated rings. The highest BCUT2D eigenvalue weighted by Gasteiger charge is 2.36. The summed E-state index contributed by atoms with van der Waals surface area (Å²) in [6.07, 6.45) is 5.41. The van der Waals surface area contributed by atoms with E-state index in [2.05, 4.69) is 12.7 Å². The van der Waals surface area contributed by atoms with E-state index in [0.717, 1.165) is 6.54 Å². The summed E-state index contributed by atoms with van der Waals surface area (Å²) in [5, 5.41) is 0. The van der Waals surface area contributed by atoms with E-state index in [1.807, 2.05) is 0 Å². The first-order chi connectivity index (χ1) is 6.66. The quantitative estimate of drug-likeness (QED) is 0.457. The lowest BCUT2D eigenvalue weighted by atomic mass is 10.2. The van der Waals surface area contributed by atoms with Gasteiger partial charge in [0.05, 0.1) is 6.54 Å². The fraction of sp³-hybridized carbons (Fsp3) is 1.00. The van der Waals surface area contributed by atoms with Crippen molar-refractivity contribution in [2.75, 3.05) is 6.54 Å². The lowest BCUT2D eigenvalue weighted by Crippen LogP contribution is -2.50. The van der Waals surface area contributed by atoms with Gasteiger partial charge in [-0.1, -0.05) is 19.8 Å². The van der Waals surface area contributed by atoms with Crippen LogP contribution in [0.5, 0.6) is 0 Å². The van der Waals surface area contributed by atoms with Crippen molar-refractivity contribution in [2.24, 2.45) is 0 Å². The third-order valence-electron chi connectivity index (χ3n) is 1.39. The summed E-state index contributed by atoms with van der Waals surface area (Å²) in [4.78, 5) is 0. The molecule has 4 nitrogen and oxygen atoms in total. The van der Waals surface area contributed by atoms with Crippen LogP contribution in [0.4, 0.5) is 13.2 Å². The van der Waals surface area contributed by atoms with Crippen LogP contribution in [0.2, 0.25) is 0 Å². The van der Waals surface area contributed by atoms with E-state index in [9.17, 15) is 13.2 Å². The highest BCUT2D eigenvalue weighted by molar-refractivity contribution is 7.86. The van der Waals surface area contributed by atoms with E-state index in [0.29, 0.717) is 0 Å². The molecule has 0 aliphatic carbocycles. The van der Waals surface area contributed by atoms with E-state index in [4.69, 9.17) is 13.0 Å². The number of hydrogen-bond donors (Lipinski definition) is 1. The molecule has 0 saturated carbocycles. The van der Waals surface area contributed by atoms with Crippen molar-refractivity contribution >= 4 is 10.1 Å². The molecule has 0 aliphatic heterocycles. The molecule has 0 bridgehead atoms. The maximum atomic E-state index is 10.7. The summed E-state index contributed by atoms with van der Waals surface area (Å²) in [6.45, 7) is 3.34. The van der Waals surface area contributed by atoms with Crippen molar-refractivity contribution in [3.05, 3.63) is 0 Å². The number of rotatable bonds is 4. The minimum absolute atomic E-state index is 1.11. The number of quaternary nitrogens is 1. The van der Waals surface area contributed by atoms with Crippen LogP contribution in [0.3, 0.4) is 0 Å². The Morgan fingerprint density at radius 3 is 1.80 bits per heavy atom. The average Bonchev–Trinajstić information content (AvgIpc) is 2.03. The molecule has 8 heteroatoms. The molecule has 0 aromatic carbocycles. The van der Waals surface area contributed by atoms with Gasteiger partial charge in [0.15, 0.2) is 10.1 Å². The monoisotopic (exact) mass is 251 g/mol. The maximum Gasteiger partial charge on any atom is 0.485 e. The van der Waals surface area contributed by atoms with Crippen LogP contribution in [0.15, 0.2) is 0 Å². The van der Waals surface area contributed by atoms with Crippen LogP contribution >= 0.6 is 0 Å². The second kappa shape index (κ2) is 7.89. The fourth-order valence-corrected chi connectivity index (χ4v) is 0.604. The van der Waals surface area contributed by atoms with Gasteiger partial charge in [-0.05, 0) is 12.8 Å². The Balaban J connectivity index is 0. The molecule has 0 heterocycles. The Morgan fingerprint density at radius 1 is 1.20 bits per heavy atom. The van der Waals surface area contributed by atoms with Crippen molar-refractivity contribution in [2.45, 2.75) is 38.1 Å². The van der Waals surface area contributed by atoms with Crippen LogP contribution < -0.4 is 5.73 Å². The van der Waals surface area contributed by atoms with Gasteiger partial charge in [-0.2, -0.15) is 13.2 Å². The Labute approximate surface area is 87.4 Å². The van der Waals surface area contributed by atoms with Crippen molar-refractivity contribution in [3.63, 3.8) is 0 Å². The highest BCUT2D eigenvalue weighted by Crippen LogP contribution is 2.20. The molecule has 0 radical (unpaired) electrons. The van der Waals surface area contributed by atoms with Crippen molar-refractivity contribution in [1.29, 1.82) is 0 Å². The Hall–Kier alpha value is -0.340. The number of alkyl halides is 3. The first-order valence-electron chi connectivity index (χ1n) is 4.48. The van der Waals surface area contributed by atoms with E-state index in [1.165, 1.54) is 25.7 Å². The minimum atomic E-state index is -6.09. The summed E-state index contributed by atoms with van der Waals surface area (Å²) in [7, 11) is -6.09. The fourth-order valence-electron chi connectivity index (χ4n) is 0.604. The first kappa shape index (κ1) is 17.1. The molecular formula is C7H16F3NO3S. The van der Waals surface area contributed by atoms with Crippen molar-refractivity contribution in [3.8, 4) is 0 Å². The Bertz CT molecular complexity index is 234. The molecule has 15 heavy (non-hydrogen) atoms. The Morgan fingerprint density at radius 2 is 1.60 bits per heavy atom. The summed E-state index contributed by atoms with van der Waals surface area (Å²) in [5.74, 6) is 0. The average molecular weight is 251 g/mol. The van der Waals surface area contributed by atoms with Crippen LogP contribution in [0, 0.1) is 0 Å². The van der Waals surface area contributed by atoms with Gasteiger partial charge in [0.25, 0.3) is 0 Å². The molecule has 94 valence electrons. The largest absolute Gasteiger partial charge is 0.741 e. The molecule has 3 N–H and O–H groups in total. The molecular weight excluding hydrogens is 235 g/mol. The molecule has 0 saturated heterocycles. The third-order valence-corrected chi connectivity index (χ3v) is 1.95. The third kappa shape index (κ3) is 11.6. The normalized spacial score (nSPS) is 11.9. The molecule has 0 unspecified atom stereocenters. The van der Waals surface area contributed by atoms with Crippen LogP contribution in [-0.2, 0) is 10.1 Å². The number of unbranched alkanes of at least 4 members (excludes halogenated alkanes) is 3. The molecule has 0 rings (SSSR count). The zero-order valence-corrected chi connectivity index (χ0v) is 9.33. The van der Waals surface area contributed by atoms with E-state index < -0.39 is 15.6 Å². The zero-order valence-electron chi connectivity index (χ0n) is 8.51. The number of halogens is 3. The Kier molecular flexibility index (Phi) is 8.98. The van der Waals surface area contributed by atoms with Crippen LogP contribution in [0.1, 0.15) is 32.6 Å². The zero-order chi connectivity index (χ0) is 12.5.